The Kier molecular flexibility index (Phi) is 3.34. The average molecular weight is 321 g/mol. The first-order valence-corrected chi connectivity index (χ1v) is 7.40. The summed E-state index contributed by atoms with van der Waals surface area (Å²) >= 11 is 0. The van der Waals surface area contributed by atoms with Crippen molar-refractivity contribution in [2.24, 2.45) is 0 Å². The fraction of sp³-hybridized carbons (Fsp3) is 0.125. The highest BCUT2D eigenvalue weighted by atomic mass is 16.5. The summed E-state index contributed by atoms with van der Waals surface area (Å²) in [6.07, 6.45) is 1.93. The Balaban J connectivity index is 1.58. The van der Waals surface area contributed by atoms with E-state index in [9.17, 15) is 0 Å². The molecule has 0 atom stereocenters. The molecule has 0 aliphatic rings. The average Bonchev–Trinajstić information content (AvgIpc) is 3.21. The van der Waals surface area contributed by atoms with Crippen molar-refractivity contribution in [2.45, 2.75) is 13.5 Å². The molecule has 0 amide bonds. The van der Waals surface area contributed by atoms with Gasteiger partial charge in [-0.05, 0) is 30.7 Å². The lowest BCUT2D eigenvalue weighted by molar-refractivity contribution is 0.309. The number of benzene rings is 1. The quantitative estimate of drug-likeness (QED) is 0.595. The molecule has 3 heterocycles. The van der Waals surface area contributed by atoms with Crippen LogP contribution in [0.2, 0.25) is 0 Å². The number of aromatic nitrogens is 6. The number of nitrogens with two attached hydrogens (primary N) is 1. The van der Waals surface area contributed by atoms with Gasteiger partial charge >= 0.3 is 0 Å². The molecule has 0 bridgehead atoms. The van der Waals surface area contributed by atoms with E-state index in [2.05, 4.69) is 25.5 Å². The van der Waals surface area contributed by atoms with Gasteiger partial charge in [-0.2, -0.15) is 15.4 Å². The van der Waals surface area contributed by atoms with E-state index in [4.69, 9.17) is 10.5 Å². The molecule has 8 heteroatoms. The van der Waals surface area contributed by atoms with Gasteiger partial charge in [-0.15, -0.1) is 5.10 Å². The van der Waals surface area contributed by atoms with Crippen LogP contribution in [0.25, 0.3) is 16.9 Å². The van der Waals surface area contributed by atoms with Crippen molar-refractivity contribution in [1.82, 2.24) is 30.2 Å². The molecule has 0 fully saturated rings. The molecule has 0 spiro atoms. The highest BCUT2D eigenvalue weighted by molar-refractivity contribution is 5.78. The Hall–Kier alpha value is -3.42. The zero-order chi connectivity index (χ0) is 16.5. The number of aryl methyl sites for hydroxylation is 1. The van der Waals surface area contributed by atoms with Crippen LogP contribution in [-0.4, -0.2) is 30.2 Å². The van der Waals surface area contributed by atoms with Crippen LogP contribution < -0.4 is 10.5 Å². The summed E-state index contributed by atoms with van der Waals surface area (Å²) in [5.41, 5.74) is 9.72. The molecule has 0 aliphatic carbocycles. The second-order valence-electron chi connectivity index (χ2n) is 5.40. The van der Waals surface area contributed by atoms with Crippen molar-refractivity contribution in [2.75, 3.05) is 5.73 Å². The second-order valence-corrected chi connectivity index (χ2v) is 5.40. The predicted octanol–water partition coefficient (Wildman–Crippen LogP) is 2.01. The standard InChI is InChI=1S/C16H15N7O/c1-10-5-6-23(21-10)12-4-2-3-11(7-12)9-24-13-8-14(17)18-16-15(13)19-22-20-16/h2-8H,9H2,1H3,(H3,17,18,19,20,22). The molecule has 4 rings (SSSR count). The van der Waals surface area contributed by atoms with Gasteiger partial charge < -0.3 is 10.5 Å². The van der Waals surface area contributed by atoms with Crippen LogP contribution >= 0.6 is 0 Å². The third-order valence-corrected chi connectivity index (χ3v) is 3.57. The summed E-state index contributed by atoms with van der Waals surface area (Å²) in [4.78, 5) is 4.09. The molecular formula is C16H15N7O. The molecule has 1 aromatic carbocycles. The van der Waals surface area contributed by atoms with Gasteiger partial charge in [-0.25, -0.2) is 9.67 Å². The van der Waals surface area contributed by atoms with Gasteiger partial charge in [-0.3, -0.25) is 0 Å². The first-order valence-electron chi connectivity index (χ1n) is 7.40. The van der Waals surface area contributed by atoms with E-state index in [1.54, 1.807) is 6.07 Å². The van der Waals surface area contributed by atoms with E-state index in [0.29, 0.717) is 29.3 Å². The number of fused-ring (bicyclic) bond motifs is 1. The minimum atomic E-state index is 0.340. The summed E-state index contributed by atoms with van der Waals surface area (Å²) in [6.45, 7) is 2.33. The minimum absolute atomic E-state index is 0.340. The maximum absolute atomic E-state index is 5.87. The molecule has 4 aromatic rings. The zero-order valence-electron chi connectivity index (χ0n) is 13.0. The molecule has 0 aliphatic heterocycles. The number of ether oxygens (including phenoxy) is 1. The lowest BCUT2D eigenvalue weighted by atomic mass is 10.2. The maximum atomic E-state index is 5.87. The molecule has 8 nitrogen and oxygen atoms in total. The molecule has 120 valence electrons. The van der Waals surface area contributed by atoms with E-state index in [1.807, 2.05) is 48.1 Å². The van der Waals surface area contributed by atoms with Crippen molar-refractivity contribution in [3.8, 4) is 11.4 Å². The van der Waals surface area contributed by atoms with Crippen LogP contribution in [0.3, 0.4) is 0 Å². The summed E-state index contributed by atoms with van der Waals surface area (Å²) < 4.78 is 7.70. The van der Waals surface area contributed by atoms with Crippen molar-refractivity contribution in [3.05, 3.63) is 53.9 Å². The highest BCUT2D eigenvalue weighted by Crippen LogP contribution is 2.24. The van der Waals surface area contributed by atoms with Crippen LogP contribution in [0.1, 0.15) is 11.3 Å². The molecule has 0 radical (unpaired) electrons. The summed E-state index contributed by atoms with van der Waals surface area (Å²) in [6, 6.07) is 11.6. The number of pyridine rings is 1. The van der Waals surface area contributed by atoms with Crippen molar-refractivity contribution >= 4 is 17.0 Å². The van der Waals surface area contributed by atoms with Crippen molar-refractivity contribution < 1.29 is 4.74 Å². The Morgan fingerprint density at radius 1 is 1.21 bits per heavy atom. The van der Waals surface area contributed by atoms with Gasteiger partial charge in [0.1, 0.15) is 12.4 Å². The number of nitrogens with zero attached hydrogens (tertiary/aromatic N) is 5. The van der Waals surface area contributed by atoms with Crippen LogP contribution in [0.5, 0.6) is 5.75 Å². The summed E-state index contributed by atoms with van der Waals surface area (Å²) in [5, 5.41) is 14.9. The minimum Gasteiger partial charge on any atom is -0.486 e. The molecular weight excluding hydrogens is 306 g/mol. The van der Waals surface area contributed by atoms with Crippen LogP contribution in [0.15, 0.2) is 42.6 Å². The number of anilines is 1. The molecule has 3 N–H and O–H groups in total. The van der Waals surface area contributed by atoms with Gasteiger partial charge in [0, 0.05) is 12.3 Å². The van der Waals surface area contributed by atoms with E-state index in [0.717, 1.165) is 16.9 Å². The zero-order valence-corrected chi connectivity index (χ0v) is 13.0. The topological polar surface area (TPSA) is 108 Å². The van der Waals surface area contributed by atoms with Crippen molar-refractivity contribution in [3.63, 3.8) is 0 Å². The predicted molar refractivity (Wildman–Crippen MR) is 88.7 cm³/mol. The molecule has 0 saturated heterocycles. The number of aromatic amines is 1. The Morgan fingerprint density at radius 2 is 2.12 bits per heavy atom. The van der Waals surface area contributed by atoms with Crippen LogP contribution in [0.4, 0.5) is 5.82 Å². The van der Waals surface area contributed by atoms with Gasteiger partial charge in [0.05, 0.1) is 11.4 Å². The molecule has 0 unspecified atom stereocenters. The fourth-order valence-corrected chi connectivity index (χ4v) is 2.44. The number of hydrogen-bond donors (Lipinski definition) is 2. The number of hydrogen-bond acceptors (Lipinski definition) is 6. The Labute approximate surface area is 137 Å². The van der Waals surface area contributed by atoms with Crippen LogP contribution in [0, 0.1) is 6.92 Å². The lowest BCUT2D eigenvalue weighted by Crippen LogP contribution is -2.01. The van der Waals surface area contributed by atoms with E-state index in [1.165, 1.54) is 0 Å². The molecule has 24 heavy (non-hydrogen) atoms. The maximum Gasteiger partial charge on any atom is 0.207 e. The van der Waals surface area contributed by atoms with Gasteiger partial charge in [0.25, 0.3) is 0 Å². The first kappa shape index (κ1) is 14.2. The third kappa shape index (κ3) is 2.65. The van der Waals surface area contributed by atoms with Crippen LogP contribution in [-0.2, 0) is 6.61 Å². The number of H-pyrrole nitrogens is 1. The number of nitrogens with one attached hydrogen (secondary N) is 1. The van der Waals surface area contributed by atoms with Gasteiger partial charge in [0.15, 0.2) is 11.3 Å². The largest absolute Gasteiger partial charge is 0.486 e. The Bertz CT molecular complexity index is 1000. The third-order valence-electron chi connectivity index (χ3n) is 3.57. The summed E-state index contributed by atoms with van der Waals surface area (Å²) in [7, 11) is 0. The highest BCUT2D eigenvalue weighted by Gasteiger charge is 2.10. The smallest absolute Gasteiger partial charge is 0.207 e. The van der Waals surface area contributed by atoms with E-state index in [-0.39, 0.29) is 0 Å². The fourth-order valence-electron chi connectivity index (χ4n) is 2.44. The van der Waals surface area contributed by atoms with E-state index >= 15 is 0 Å². The van der Waals surface area contributed by atoms with Crippen molar-refractivity contribution in [1.29, 1.82) is 0 Å². The Morgan fingerprint density at radius 3 is 2.96 bits per heavy atom. The first-order chi connectivity index (χ1) is 11.7. The van der Waals surface area contributed by atoms with E-state index < -0.39 is 0 Å². The number of rotatable bonds is 4. The summed E-state index contributed by atoms with van der Waals surface area (Å²) in [5.74, 6) is 0.888. The molecule has 3 aromatic heterocycles. The second kappa shape index (κ2) is 5.65. The monoisotopic (exact) mass is 321 g/mol. The normalized spacial score (nSPS) is 11.0. The van der Waals surface area contributed by atoms with Gasteiger partial charge in [-0.1, -0.05) is 12.1 Å². The molecule has 0 saturated carbocycles. The number of nitrogen functional groups attached to an aromatic ring is 1. The van der Waals surface area contributed by atoms with Gasteiger partial charge in [0.2, 0.25) is 5.65 Å². The lowest BCUT2D eigenvalue weighted by Gasteiger charge is -2.09. The SMILES string of the molecule is Cc1ccn(-c2cccc(COc3cc(N)nc4n[nH]nc34)c2)n1.